The SMILES string of the molecule is O=C(Nc1cc(-c2ccccc2)nn1CCO)c1ccsc1. The van der Waals surface area contributed by atoms with Crippen molar-refractivity contribution in [2.24, 2.45) is 0 Å². The second-order valence-corrected chi connectivity index (χ2v) is 5.47. The lowest BCUT2D eigenvalue weighted by Gasteiger charge is -2.06. The molecule has 0 saturated heterocycles. The van der Waals surface area contributed by atoms with E-state index >= 15 is 0 Å². The van der Waals surface area contributed by atoms with Crippen LogP contribution in [0.25, 0.3) is 11.3 Å². The first-order valence-electron chi connectivity index (χ1n) is 6.85. The summed E-state index contributed by atoms with van der Waals surface area (Å²) in [6.07, 6.45) is 0. The second-order valence-electron chi connectivity index (χ2n) is 4.69. The van der Waals surface area contributed by atoms with E-state index in [1.54, 1.807) is 16.1 Å². The number of hydrogen-bond acceptors (Lipinski definition) is 4. The fourth-order valence-electron chi connectivity index (χ4n) is 2.11. The van der Waals surface area contributed by atoms with Crippen molar-refractivity contribution in [3.05, 3.63) is 58.8 Å². The lowest BCUT2D eigenvalue weighted by atomic mass is 10.1. The molecule has 0 bridgehead atoms. The molecule has 0 spiro atoms. The Morgan fingerprint density at radius 3 is 2.77 bits per heavy atom. The maximum absolute atomic E-state index is 12.2. The van der Waals surface area contributed by atoms with Crippen LogP contribution in [-0.2, 0) is 6.54 Å². The molecule has 0 aliphatic heterocycles. The third-order valence-corrected chi connectivity index (χ3v) is 3.87. The highest BCUT2D eigenvalue weighted by atomic mass is 32.1. The van der Waals surface area contributed by atoms with Crippen LogP contribution in [0.5, 0.6) is 0 Å². The van der Waals surface area contributed by atoms with Crippen molar-refractivity contribution < 1.29 is 9.90 Å². The number of aromatic nitrogens is 2. The number of nitrogens with zero attached hydrogens (tertiary/aromatic N) is 2. The molecule has 3 rings (SSSR count). The second kappa shape index (κ2) is 6.55. The first-order chi connectivity index (χ1) is 10.8. The summed E-state index contributed by atoms with van der Waals surface area (Å²) in [6, 6.07) is 13.3. The molecule has 6 heteroatoms. The van der Waals surface area contributed by atoms with E-state index in [-0.39, 0.29) is 12.5 Å². The van der Waals surface area contributed by atoms with Gasteiger partial charge >= 0.3 is 0 Å². The Hall–Kier alpha value is -2.44. The Labute approximate surface area is 131 Å². The highest BCUT2D eigenvalue weighted by Gasteiger charge is 2.13. The third kappa shape index (κ3) is 3.08. The van der Waals surface area contributed by atoms with Gasteiger partial charge in [-0.3, -0.25) is 4.79 Å². The van der Waals surface area contributed by atoms with Gasteiger partial charge < -0.3 is 10.4 Å². The number of rotatable bonds is 5. The summed E-state index contributed by atoms with van der Waals surface area (Å²) in [7, 11) is 0. The molecule has 0 radical (unpaired) electrons. The molecule has 0 fully saturated rings. The van der Waals surface area contributed by atoms with Crippen molar-refractivity contribution >= 4 is 23.1 Å². The molecule has 2 aromatic heterocycles. The van der Waals surface area contributed by atoms with Crippen LogP contribution >= 0.6 is 11.3 Å². The average molecular weight is 313 g/mol. The number of nitrogens with one attached hydrogen (secondary N) is 1. The predicted octanol–water partition coefficient (Wildman–Crippen LogP) is 2.86. The quantitative estimate of drug-likeness (QED) is 0.761. The maximum Gasteiger partial charge on any atom is 0.257 e. The first-order valence-corrected chi connectivity index (χ1v) is 7.80. The van der Waals surface area contributed by atoms with Gasteiger partial charge in [0.25, 0.3) is 5.91 Å². The number of carbonyl (C=O) groups excluding carboxylic acids is 1. The molecule has 2 heterocycles. The molecular formula is C16H15N3O2S. The molecule has 22 heavy (non-hydrogen) atoms. The molecule has 0 aliphatic carbocycles. The van der Waals surface area contributed by atoms with E-state index in [0.717, 1.165) is 11.3 Å². The fraction of sp³-hybridized carbons (Fsp3) is 0.125. The number of thiophene rings is 1. The van der Waals surface area contributed by atoms with Gasteiger partial charge in [0.1, 0.15) is 5.82 Å². The van der Waals surface area contributed by atoms with Gasteiger partial charge in [0.15, 0.2) is 0 Å². The van der Waals surface area contributed by atoms with Crippen molar-refractivity contribution in [3.8, 4) is 11.3 Å². The van der Waals surface area contributed by atoms with E-state index < -0.39 is 0 Å². The maximum atomic E-state index is 12.2. The summed E-state index contributed by atoms with van der Waals surface area (Å²) in [5.41, 5.74) is 2.34. The molecule has 5 nitrogen and oxygen atoms in total. The normalized spacial score (nSPS) is 10.6. The van der Waals surface area contributed by atoms with Crippen molar-refractivity contribution in [3.63, 3.8) is 0 Å². The standard InChI is InChI=1S/C16H15N3O2S/c20-8-7-19-15(17-16(21)13-6-9-22-11-13)10-14(18-19)12-4-2-1-3-5-12/h1-6,9-11,20H,7-8H2,(H,17,21). The zero-order valence-corrected chi connectivity index (χ0v) is 12.6. The summed E-state index contributed by atoms with van der Waals surface area (Å²) >= 11 is 1.47. The minimum atomic E-state index is -0.181. The van der Waals surface area contributed by atoms with Gasteiger partial charge in [0, 0.05) is 17.0 Å². The predicted molar refractivity (Wildman–Crippen MR) is 87.0 cm³/mol. The van der Waals surface area contributed by atoms with Gasteiger partial charge in [-0.2, -0.15) is 16.4 Å². The van der Waals surface area contributed by atoms with E-state index in [1.807, 2.05) is 41.8 Å². The highest BCUT2D eigenvalue weighted by molar-refractivity contribution is 7.08. The summed E-state index contributed by atoms with van der Waals surface area (Å²) in [5, 5.41) is 20.1. The van der Waals surface area contributed by atoms with Crippen molar-refractivity contribution in [2.45, 2.75) is 6.54 Å². The minimum absolute atomic E-state index is 0.0444. The van der Waals surface area contributed by atoms with E-state index in [9.17, 15) is 9.90 Å². The zero-order valence-electron chi connectivity index (χ0n) is 11.8. The Morgan fingerprint density at radius 2 is 2.09 bits per heavy atom. The average Bonchev–Trinajstić information content (AvgIpc) is 3.19. The first kappa shape index (κ1) is 14.5. The summed E-state index contributed by atoms with van der Waals surface area (Å²) < 4.78 is 1.60. The van der Waals surface area contributed by atoms with E-state index in [4.69, 9.17) is 0 Å². The van der Waals surface area contributed by atoms with Crippen LogP contribution in [0.4, 0.5) is 5.82 Å². The Bertz CT molecular complexity index is 751. The lowest BCUT2D eigenvalue weighted by molar-refractivity contribution is 0.102. The molecular weight excluding hydrogens is 298 g/mol. The van der Waals surface area contributed by atoms with Crippen LogP contribution < -0.4 is 5.32 Å². The number of aliphatic hydroxyl groups is 1. The third-order valence-electron chi connectivity index (χ3n) is 3.19. The molecule has 0 atom stereocenters. The number of amides is 1. The minimum Gasteiger partial charge on any atom is -0.394 e. The number of hydrogen-bond donors (Lipinski definition) is 2. The molecule has 2 N–H and O–H groups in total. The monoisotopic (exact) mass is 313 g/mol. The molecule has 0 aliphatic rings. The number of aliphatic hydroxyl groups excluding tert-OH is 1. The van der Waals surface area contributed by atoms with Crippen LogP contribution in [0.15, 0.2) is 53.2 Å². The van der Waals surface area contributed by atoms with Gasteiger partial charge in [0.2, 0.25) is 0 Å². The molecule has 3 aromatic rings. The van der Waals surface area contributed by atoms with Gasteiger partial charge in [-0.05, 0) is 11.4 Å². The Balaban J connectivity index is 1.89. The molecule has 112 valence electrons. The number of anilines is 1. The topological polar surface area (TPSA) is 67.2 Å². The number of benzene rings is 1. The van der Waals surface area contributed by atoms with Crippen molar-refractivity contribution in [2.75, 3.05) is 11.9 Å². The van der Waals surface area contributed by atoms with Gasteiger partial charge in [-0.15, -0.1) is 0 Å². The summed E-state index contributed by atoms with van der Waals surface area (Å²) in [6.45, 7) is 0.281. The van der Waals surface area contributed by atoms with E-state index in [1.165, 1.54) is 11.3 Å². The molecule has 1 aromatic carbocycles. The summed E-state index contributed by atoms with van der Waals surface area (Å²) in [4.78, 5) is 12.2. The van der Waals surface area contributed by atoms with Gasteiger partial charge in [-0.1, -0.05) is 30.3 Å². The fourth-order valence-corrected chi connectivity index (χ4v) is 2.75. The van der Waals surface area contributed by atoms with Crippen LogP contribution in [0.1, 0.15) is 10.4 Å². The zero-order chi connectivity index (χ0) is 15.4. The Morgan fingerprint density at radius 1 is 1.27 bits per heavy atom. The van der Waals surface area contributed by atoms with Crippen LogP contribution in [0, 0.1) is 0 Å². The van der Waals surface area contributed by atoms with Crippen molar-refractivity contribution in [1.82, 2.24) is 9.78 Å². The smallest absolute Gasteiger partial charge is 0.257 e. The Kier molecular flexibility index (Phi) is 4.32. The van der Waals surface area contributed by atoms with E-state index in [2.05, 4.69) is 10.4 Å². The molecule has 0 saturated carbocycles. The molecule has 0 unspecified atom stereocenters. The number of carbonyl (C=O) groups is 1. The van der Waals surface area contributed by atoms with E-state index in [0.29, 0.717) is 17.9 Å². The lowest BCUT2D eigenvalue weighted by Crippen LogP contribution is -2.16. The van der Waals surface area contributed by atoms with Crippen LogP contribution in [-0.4, -0.2) is 27.4 Å². The van der Waals surface area contributed by atoms with Crippen LogP contribution in [0.3, 0.4) is 0 Å². The highest BCUT2D eigenvalue weighted by Crippen LogP contribution is 2.22. The largest absolute Gasteiger partial charge is 0.394 e. The molecule has 1 amide bonds. The van der Waals surface area contributed by atoms with Crippen molar-refractivity contribution in [1.29, 1.82) is 0 Å². The van der Waals surface area contributed by atoms with Crippen LogP contribution in [0.2, 0.25) is 0 Å². The van der Waals surface area contributed by atoms with Gasteiger partial charge in [-0.25, -0.2) is 4.68 Å². The van der Waals surface area contributed by atoms with Gasteiger partial charge in [0.05, 0.1) is 24.4 Å². The summed E-state index contributed by atoms with van der Waals surface area (Å²) in [5.74, 6) is 0.393.